The monoisotopic (exact) mass is 1140 g/mol. The number of alkyl halides is 1. The molecule has 0 saturated heterocycles. The number of carbonyl (C=O) groups is 3. The highest BCUT2D eigenvalue weighted by Crippen LogP contribution is 2.42. The molecule has 4 heterocycles. The minimum atomic E-state index is -4.16. The average molecular weight is 1140 g/mol. The maximum absolute atomic E-state index is 14.5. The molecule has 0 aliphatic heterocycles. The molecule has 0 saturated carbocycles. The SMILES string of the molecule is CCC(CC)COC(=O)C(C)(C)Cl.CCC(CC)COC(=O)C(C)(C)NP(=O)(CO[C@H](C)Cn1cnc2c(N)ncnc21)NC(C)(C)C(=O)OCC(CC)CC.C[C@H](Cn1cnc2c(N)ncnc21)OCP(=O)(O)O.N. The second-order valence-corrected chi connectivity index (χ2v) is 24.8. The molecule has 434 valence electrons. The van der Waals surface area contributed by atoms with Crippen LogP contribution in [0.3, 0.4) is 0 Å². The Balaban J connectivity index is 0.000000712. The molecule has 4 aromatic rings. The van der Waals surface area contributed by atoms with E-state index in [1.165, 1.54) is 19.0 Å². The van der Waals surface area contributed by atoms with Crippen LogP contribution in [0.5, 0.6) is 0 Å². The van der Waals surface area contributed by atoms with Crippen molar-refractivity contribution in [1.82, 2.24) is 55.4 Å². The fourth-order valence-electron chi connectivity index (χ4n) is 6.95. The molecule has 0 bridgehead atoms. The summed E-state index contributed by atoms with van der Waals surface area (Å²) in [5.74, 6) is 0.0509. The van der Waals surface area contributed by atoms with Gasteiger partial charge in [-0.15, -0.1) is 11.6 Å². The van der Waals surface area contributed by atoms with Gasteiger partial charge in [0.25, 0.3) is 0 Å². The third-order valence-electron chi connectivity index (χ3n) is 12.1. The van der Waals surface area contributed by atoms with Gasteiger partial charge in [0.05, 0.1) is 57.8 Å². The van der Waals surface area contributed by atoms with E-state index in [4.69, 9.17) is 56.5 Å². The predicted molar refractivity (Wildman–Crippen MR) is 294 cm³/mol. The van der Waals surface area contributed by atoms with Gasteiger partial charge < -0.3 is 60.2 Å². The summed E-state index contributed by atoms with van der Waals surface area (Å²) in [5, 5.41) is 5.92. The molecular formula is C48H88ClN13O12P2. The van der Waals surface area contributed by atoms with Crippen LogP contribution in [-0.2, 0) is 60.3 Å². The standard InChI is InChI=1S/C29H52N7O6P.C10H19ClO2.C9H14N5O4P.H3N/c1-10-21(11-2)15-40-26(37)28(6,7)34-43(39,35-29(8,9)27(38)41-16-22(12-3)13-4)19-42-20(5)14-36-18-33-23-24(30)31-17-32-25(23)36;1-5-8(6-2)7-13-9(12)10(3,4)11;1-6(18-5-19(15,16)17)2-14-4-13-7-8(10)11-3-12-9(7)14;/h17-18,20-22H,10-16,19H2,1-9H3,(H2,30,31,32)(H2,34,35,39);8H,5-7H2,1-4H3;3-4,6H,2,5H2,1H3,(H2,10,11,12)(H2,15,16,17);1H3/t20-;;6-;/m1.1./s1. The molecule has 0 unspecified atom stereocenters. The Morgan fingerprint density at radius 1 is 0.605 bits per heavy atom. The Kier molecular flexibility index (Phi) is 29.2. The molecule has 2 atom stereocenters. The fraction of sp³-hybridized carbons (Fsp3) is 0.729. The van der Waals surface area contributed by atoms with Crippen molar-refractivity contribution >= 4 is 78.5 Å². The van der Waals surface area contributed by atoms with E-state index in [1.807, 2.05) is 34.6 Å². The maximum atomic E-state index is 14.5. The van der Waals surface area contributed by atoms with Gasteiger partial charge in [-0.1, -0.05) is 80.1 Å². The first-order chi connectivity index (χ1) is 34.9. The maximum Gasteiger partial charge on any atom is 0.350 e. The lowest BCUT2D eigenvalue weighted by Crippen LogP contribution is -2.54. The van der Waals surface area contributed by atoms with E-state index in [2.05, 4.69) is 53.9 Å². The second kappa shape index (κ2) is 31.8. The van der Waals surface area contributed by atoms with E-state index in [-0.39, 0.29) is 55.2 Å². The number of nitrogen functional groups attached to an aromatic ring is 2. The van der Waals surface area contributed by atoms with Gasteiger partial charge in [0.1, 0.15) is 52.3 Å². The summed E-state index contributed by atoms with van der Waals surface area (Å²) in [4.78, 5) is 78.5. The summed E-state index contributed by atoms with van der Waals surface area (Å²) in [6.07, 6.45) is 9.58. The topological polar surface area (TPSA) is 370 Å². The number of halogens is 1. The number of esters is 3. The first-order valence-corrected chi connectivity index (χ1v) is 29.4. The number of fused-ring (bicyclic) bond motifs is 2. The highest BCUT2D eigenvalue weighted by Gasteiger charge is 2.43. The summed E-state index contributed by atoms with van der Waals surface area (Å²) in [6.45, 7) is 27.2. The van der Waals surface area contributed by atoms with E-state index in [9.17, 15) is 23.5 Å². The van der Waals surface area contributed by atoms with E-state index < -0.39 is 61.5 Å². The molecule has 76 heavy (non-hydrogen) atoms. The number of carbonyl (C=O) groups excluding carboxylic acids is 3. The third kappa shape index (κ3) is 23.3. The number of nitrogens with two attached hydrogens (primary N) is 2. The zero-order valence-electron chi connectivity index (χ0n) is 47.1. The minimum Gasteiger partial charge on any atom is -0.464 e. The molecule has 0 aromatic carbocycles. The molecule has 4 rings (SSSR count). The fourth-order valence-corrected chi connectivity index (χ4v) is 10.1. The lowest BCUT2D eigenvalue weighted by Gasteiger charge is -2.35. The van der Waals surface area contributed by atoms with Gasteiger partial charge in [0.15, 0.2) is 22.9 Å². The molecule has 0 amide bonds. The van der Waals surface area contributed by atoms with Gasteiger partial charge >= 0.3 is 25.5 Å². The normalized spacial score (nSPS) is 13.2. The van der Waals surface area contributed by atoms with Crippen molar-refractivity contribution in [2.75, 3.05) is 44.0 Å². The van der Waals surface area contributed by atoms with Crippen molar-refractivity contribution in [3.63, 3.8) is 0 Å². The Morgan fingerprint density at radius 3 is 1.25 bits per heavy atom. The summed E-state index contributed by atoms with van der Waals surface area (Å²) in [7, 11) is -7.95. The molecule has 25 nitrogen and oxygen atoms in total. The van der Waals surface area contributed by atoms with Crippen LogP contribution in [0.2, 0.25) is 0 Å². The number of nitrogens with zero attached hydrogens (tertiary/aromatic N) is 8. The summed E-state index contributed by atoms with van der Waals surface area (Å²) in [6, 6.07) is 0. The summed E-state index contributed by atoms with van der Waals surface area (Å²) >= 11 is 5.78. The van der Waals surface area contributed by atoms with Crippen LogP contribution < -0.4 is 27.8 Å². The molecule has 0 aliphatic rings. The van der Waals surface area contributed by atoms with Gasteiger partial charge in [-0.05, 0) is 73.1 Å². The van der Waals surface area contributed by atoms with Crippen LogP contribution in [0, 0.1) is 17.8 Å². The van der Waals surface area contributed by atoms with Gasteiger partial charge in [0.2, 0.25) is 7.44 Å². The quantitative estimate of drug-likeness (QED) is 0.0118. The number of ether oxygens (including phenoxy) is 5. The molecular weight excluding hydrogens is 1050 g/mol. The number of hydrogen-bond donors (Lipinski definition) is 7. The number of aromatic nitrogens is 8. The van der Waals surface area contributed by atoms with Crippen LogP contribution in [0.25, 0.3) is 22.3 Å². The molecule has 0 aliphatic carbocycles. The van der Waals surface area contributed by atoms with Crippen molar-refractivity contribution in [3.05, 3.63) is 25.3 Å². The van der Waals surface area contributed by atoms with Crippen molar-refractivity contribution < 1.29 is 57.0 Å². The molecule has 0 spiro atoms. The highest BCUT2D eigenvalue weighted by atomic mass is 35.5. The Bertz CT molecular complexity index is 2440. The third-order valence-corrected chi connectivity index (χ3v) is 15.1. The molecule has 0 fully saturated rings. The van der Waals surface area contributed by atoms with Crippen molar-refractivity contribution in [2.45, 2.75) is 177 Å². The molecule has 28 heteroatoms. The molecule has 0 radical (unpaired) electrons. The first-order valence-electron chi connectivity index (χ1n) is 25.4. The predicted octanol–water partition coefficient (Wildman–Crippen LogP) is 7.75. The summed E-state index contributed by atoms with van der Waals surface area (Å²) in [5.41, 5.74) is 10.9. The van der Waals surface area contributed by atoms with Crippen LogP contribution in [0.1, 0.15) is 135 Å². The Morgan fingerprint density at radius 2 is 0.934 bits per heavy atom. The van der Waals surface area contributed by atoms with E-state index >= 15 is 0 Å². The summed E-state index contributed by atoms with van der Waals surface area (Å²) < 4.78 is 56.1. The van der Waals surface area contributed by atoms with E-state index in [1.54, 1.807) is 63.9 Å². The lowest BCUT2D eigenvalue weighted by molar-refractivity contribution is -0.151. The van der Waals surface area contributed by atoms with Crippen molar-refractivity contribution in [1.29, 1.82) is 0 Å². The second-order valence-electron chi connectivity index (χ2n) is 20.1. The van der Waals surface area contributed by atoms with Gasteiger partial charge in [-0.2, -0.15) is 0 Å². The minimum absolute atomic E-state index is 0. The van der Waals surface area contributed by atoms with Crippen molar-refractivity contribution in [2.24, 2.45) is 17.8 Å². The van der Waals surface area contributed by atoms with Gasteiger partial charge in [-0.25, -0.2) is 40.1 Å². The molecule has 4 aromatic heterocycles. The van der Waals surface area contributed by atoms with Crippen LogP contribution >= 0.6 is 26.6 Å². The number of anilines is 2. The van der Waals surface area contributed by atoms with Crippen molar-refractivity contribution in [3.8, 4) is 0 Å². The zero-order chi connectivity index (χ0) is 57.0. The highest BCUT2D eigenvalue weighted by molar-refractivity contribution is 7.59. The van der Waals surface area contributed by atoms with Gasteiger partial charge in [-0.3, -0.25) is 23.5 Å². The first kappa shape index (κ1) is 69.6. The smallest absolute Gasteiger partial charge is 0.350 e. The average Bonchev–Trinajstić information content (AvgIpc) is 3.95. The van der Waals surface area contributed by atoms with E-state index in [0.717, 1.165) is 38.5 Å². The lowest BCUT2D eigenvalue weighted by atomic mass is 10.0. The molecule has 11 N–H and O–H groups in total. The Hall–Kier alpha value is -4.42. The van der Waals surface area contributed by atoms with Gasteiger partial charge in [0, 0.05) is 0 Å². The van der Waals surface area contributed by atoms with Crippen LogP contribution in [0.15, 0.2) is 25.3 Å². The number of nitrogens with one attached hydrogen (secondary N) is 2. The number of rotatable bonds is 29. The number of imidazole rings is 2. The van der Waals surface area contributed by atoms with Crippen LogP contribution in [-0.4, -0.2) is 127 Å². The zero-order valence-corrected chi connectivity index (χ0v) is 49.6. The number of hydrogen-bond acceptors (Lipinski definition) is 19. The van der Waals surface area contributed by atoms with E-state index in [0.29, 0.717) is 47.9 Å². The largest absolute Gasteiger partial charge is 0.464 e. The van der Waals surface area contributed by atoms with Crippen LogP contribution in [0.4, 0.5) is 11.6 Å². The Labute approximate surface area is 453 Å².